The van der Waals surface area contributed by atoms with Gasteiger partial charge in [-0.3, -0.25) is 10.1 Å². The lowest BCUT2D eigenvalue weighted by molar-refractivity contribution is -0.115. The molecule has 0 atom stereocenters. The molecule has 1 aromatic heterocycles. The number of nitrogens with one attached hydrogen (secondary N) is 1. The normalized spacial score (nSPS) is 11.3. The molecule has 1 N–H and O–H groups in total. The van der Waals surface area contributed by atoms with Crippen molar-refractivity contribution in [2.24, 2.45) is 0 Å². The Bertz CT molecular complexity index is 733. The number of nitrogens with zero attached hydrogens (tertiary/aromatic N) is 1. The van der Waals surface area contributed by atoms with E-state index in [0.717, 1.165) is 5.56 Å². The number of aromatic nitrogens is 1. The van der Waals surface area contributed by atoms with Gasteiger partial charge in [0.1, 0.15) is 0 Å². The minimum Gasteiger partial charge on any atom is -0.338 e. The maximum atomic E-state index is 11.8. The minimum atomic E-state index is -3.21. The second kappa shape index (κ2) is 6.09. The van der Waals surface area contributed by atoms with E-state index in [9.17, 15) is 13.2 Å². The number of sulfone groups is 1. The lowest BCUT2D eigenvalue weighted by Gasteiger charge is -2.04. The molecule has 0 aliphatic carbocycles. The van der Waals surface area contributed by atoms with Gasteiger partial charge in [0.15, 0.2) is 9.84 Å². The Morgan fingerprint density at radius 3 is 2.48 bits per heavy atom. The van der Waals surface area contributed by atoms with Gasteiger partial charge in [0.05, 0.1) is 22.8 Å². The molecule has 2 aromatic rings. The highest BCUT2D eigenvalue weighted by atomic mass is 32.2. The fourth-order valence-corrected chi connectivity index (χ4v) is 2.65. The van der Waals surface area contributed by atoms with Gasteiger partial charge < -0.3 is 4.52 Å². The summed E-state index contributed by atoms with van der Waals surface area (Å²) in [5.41, 5.74) is 1.40. The van der Waals surface area contributed by atoms with Gasteiger partial charge in [0.2, 0.25) is 11.8 Å². The monoisotopic (exact) mass is 308 g/mol. The zero-order valence-electron chi connectivity index (χ0n) is 11.8. The van der Waals surface area contributed by atoms with E-state index in [1.165, 1.54) is 12.1 Å². The van der Waals surface area contributed by atoms with Gasteiger partial charge in [-0.2, -0.15) is 0 Å². The maximum Gasteiger partial charge on any atom is 0.231 e. The van der Waals surface area contributed by atoms with E-state index in [1.807, 2.05) is 0 Å². The smallest absolute Gasteiger partial charge is 0.231 e. The van der Waals surface area contributed by atoms with Crippen LogP contribution in [-0.4, -0.2) is 25.2 Å². The topological polar surface area (TPSA) is 89.3 Å². The number of carbonyl (C=O) groups excluding carboxylic acids is 1. The van der Waals surface area contributed by atoms with Crippen molar-refractivity contribution in [2.45, 2.75) is 25.2 Å². The third-order valence-electron chi connectivity index (χ3n) is 2.92. The van der Waals surface area contributed by atoms with Crippen LogP contribution in [0.25, 0.3) is 0 Å². The average molecular weight is 308 g/mol. The van der Waals surface area contributed by atoms with E-state index in [4.69, 9.17) is 4.52 Å². The van der Waals surface area contributed by atoms with Crippen molar-refractivity contribution in [3.63, 3.8) is 0 Å². The molecule has 0 saturated carbocycles. The van der Waals surface area contributed by atoms with E-state index < -0.39 is 9.84 Å². The summed E-state index contributed by atoms with van der Waals surface area (Å²) in [6, 6.07) is 7.91. The molecule has 0 unspecified atom stereocenters. The van der Waals surface area contributed by atoms with Crippen molar-refractivity contribution in [1.82, 2.24) is 5.16 Å². The third-order valence-corrected chi connectivity index (χ3v) is 4.67. The summed E-state index contributed by atoms with van der Waals surface area (Å²) in [6.07, 6.45) is 0.131. The van der Waals surface area contributed by atoms with Crippen LogP contribution >= 0.6 is 0 Å². The number of rotatable bonds is 5. The van der Waals surface area contributed by atoms with E-state index in [-0.39, 0.29) is 23.0 Å². The summed E-state index contributed by atoms with van der Waals surface area (Å²) in [5.74, 6) is 0.0949. The first kappa shape index (κ1) is 15.2. The predicted octanol–water partition coefficient (Wildman–Crippen LogP) is 1.96. The number of amides is 1. The number of hydrogen-bond donors (Lipinski definition) is 1. The van der Waals surface area contributed by atoms with Crippen molar-refractivity contribution >= 4 is 21.6 Å². The Morgan fingerprint density at radius 2 is 1.95 bits per heavy atom. The number of aryl methyl sites for hydroxylation is 1. The molecular weight excluding hydrogens is 292 g/mol. The van der Waals surface area contributed by atoms with Crippen LogP contribution in [0, 0.1) is 6.92 Å². The van der Waals surface area contributed by atoms with Crippen LogP contribution in [0.2, 0.25) is 0 Å². The number of benzene rings is 1. The van der Waals surface area contributed by atoms with Crippen LogP contribution < -0.4 is 5.32 Å². The third kappa shape index (κ3) is 3.91. The Balaban J connectivity index is 2.02. The first-order chi connectivity index (χ1) is 9.90. The Kier molecular flexibility index (Phi) is 4.42. The average Bonchev–Trinajstić information content (AvgIpc) is 2.84. The lowest BCUT2D eigenvalue weighted by Crippen LogP contribution is -2.14. The van der Waals surface area contributed by atoms with Gasteiger partial charge in [-0.25, -0.2) is 8.42 Å². The Hall–Kier alpha value is -2.15. The standard InChI is InChI=1S/C14H16N2O4S/c1-3-21(18,19)12-6-4-11(5-7-12)9-13(17)15-14-8-10(2)16-20-14/h4-8H,3,9H2,1-2H3,(H,15,17). The van der Waals surface area contributed by atoms with E-state index in [2.05, 4.69) is 10.5 Å². The van der Waals surface area contributed by atoms with Crippen LogP contribution in [0.3, 0.4) is 0 Å². The lowest BCUT2D eigenvalue weighted by atomic mass is 10.1. The van der Waals surface area contributed by atoms with Gasteiger partial charge in [-0.05, 0) is 24.6 Å². The van der Waals surface area contributed by atoms with Crippen LogP contribution in [0.5, 0.6) is 0 Å². The molecule has 7 heteroatoms. The van der Waals surface area contributed by atoms with Crippen LogP contribution in [0.4, 0.5) is 5.88 Å². The van der Waals surface area contributed by atoms with Crippen molar-refractivity contribution in [2.75, 3.05) is 11.1 Å². The summed E-state index contributed by atoms with van der Waals surface area (Å²) in [6.45, 7) is 3.35. The number of anilines is 1. The summed E-state index contributed by atoms with van der Waals surface area (Å²) < 4.78 is 28.2. The predicted molar refractivity (Wildman–Crippen MR) is 77.7 cm³/mol. The second-order valence-electron chi connectivity index (χ2n) is 4.60. The van der Waals surface area contributed by atoms with Gasteiger partial charge >= 0.3 is 0 Å². The van der Waals surface area contributed by atoms with E-state index >= 15 is 0 Å². The molecule has 0 bridgehead atoms. The number of hydrogen-bond acceptors (Lipinski definition) is 5. The van der Waals surface area contributed by atoms with Gasteiger partial charge in [-0.1, -0.05) is 24.2 Å². The fourth-order valence-electron chi connectivity index (χ4n) is 1.77. The first-order valence-corrected chi connectivity index (χ1v) is 8.11. The SMILES string of the molecule is CCS(=O)(=O)c1ccc(CC(=O)Nc2cc(C)no2)cc1. The molecule has 0 aliphatic heterocycles. The maximum absolute atomic E-state index is 11.8. The summed E-state index contributed by atoms with van der Waals surface area (Å²) in [7, 11) is -3.21. The molecule has 1 heterocycles. The molecule has 0 saturated heterocycles. The fraction of sp³-hybridized carbons (Fsp3) is 0.286. The van der Waals surface area contributed by atoms with E-state index in [0.29, 0.717) is 11.6 Å². The van der Waals surface area contributed by atoms with Gasteiger partial charge in [0.25, 0.3) is 0 Å². The highest BCUT2D eigenvalue weighted by Gasteiger charge is 2.12. The van der Waals surface area contributed by atoms with E-state index in [1.54, 1.807) is 32.0 Å². The van der Waals surface area contributed by atoms with Crippen molar-refractivity contribution < 1.29 is 17.7 Å². The molecule has 1 amide bonds. The highest BCUT2D eigenvalue weighted by molar-refractivity contribution is 7.91. The minimum absolute atomic E-state index is 0.0533. The highest BCUT2D eigenvalue weighted by Crippen LogP contribution is 2.14. The Morgan fingerprint density at radius 1 is 1.29 bits per heavy atom. The van der Waals surface area contributed by atoms with Crippen molar-refractivity contribution in [3.05, 3.63) is 41.6 Å². The molecule has 0 spiro atoms. The van der Waals surface area contributed by atoms with Crippen LogP contribution in [0.15, 0.2) is 39.8 Å². The molecular formula is C14H16N2O4S. The van der Waals surface area contributed by atoms with Crippen molar-refractivity contribution in [3.8, 4) is 0 Å². The Labute approximate surface area is 123 Å². The summed E-state index contributed by atoms with van der Waals surface area (Å²) in [5, 5.41) is 6.25. The number of carbonyl (C=O) groups is 1. The molecule has 6 nitrogen and oxygen atoms in total. The molecule has 0 fully saturated rings. The second-order valence-corrected chi connectivity index (χ2v) is 6.88. The first-order valence-electron chi connectivity index (χ1n) is 6.45. The molecule has 0 aliphatic rings. The molecule has 0 radical (unpaired) electrons. The molecule has 21 heavy (non-hydrogen) atoms. The van der Waals surface area contributed by atoms with Crippen LogP contribution in [-0.2, 0) is 21.1 Å². The summed E-state index contributed by atoms with van der Waals surface area (Å²) >= 11 is 0. The van der Waals surface area contributed by atoms with Gasteiger partial charge in [-0.15, -0.1) is 0 Å². The summed E-state index contributed by atoms with van der Waals surface area (Å²) in [4.78, 5) is 12.1. The zero-order valence-corrected chi connectivity index (χ0v) is 12.6. The van der Waals surface area contributed by atoms with Gasteiger partial charge in [0, 0.05) is 6.07 Å². The molecule has 1 aromatic carbocycles. The largest absolute Gasteiger partial charge is 0.338 e. The zero-order chi connectivity index (χ0) is 15.5. The molecule has 112 valence electrons. The molecule has 2 rings (SSSR count). The van der Waals surface area contributed by atoms with Crippen LogP contribution in [0.1, 0.15) is 18.2 Å². The quantitative estimate of drug-likeness (QED) is 0.912. The van der Waals surface area contributed by atoms with Crippen molar-refractivity contribution in [1.29, 1.82) is 0 Å².